The van der Waals surface area contributed by atoms with Crippen LogP contribution in [0.1, 0.15) is 23.2 Å². The molecule has 0 aliphatic rings. The molecule has 4 nitrogen and oxygen atoms in total. The van der Waals surface area contributed by atoms with E-state index in [1.807, 2.05) is 18.3 Å². The van der Waals surface area contributed by atoms with Gasteiger partial charge in [0.1, 0.15) is 5.75 Å². The average Bonchev–Trinajstić information content (AvgIpc) is 2.84. The molecule has 1 aromatic carbocycles. The monoisotopic (exact) mass is 373 g/mol. The van der Waals surface area contributed by atoms with E-state index in [2.05, 4.69) is 44.4 Å². The highest BCUT2D eigenvalue weighted by atomic mass is 79.9. The fourth-order valence-corrected chi connectivity index (χ4v) is 2.55. The third kappa shape index (κ3) is 5.34. The molecule has 0 atom stereocenters. The molecule has 116 valence electrons. The number of H-pyrrole nitrogens is 1. The van der Waals surface area contributed by atoms with Gasteiger partial charge in [0.15, 0.2) is 0 Å². The van der Waals surface area contributed by atoms with E-state index in [-0.39, 0.29) is 12.4 Å². The Kier molecular flexibility index (Phi) is 7.78. The van der Waals surface area contributed by atoms with Crippen molar-refractivity contribution in [1.82, 2.24) is 15.5 Å². The van der Waals surface area contributed by atoms with Crippen LogP contribution in [0.25, 0.3) is 0 Å². The van der Waals surface area contributed by atoms with E-state index in [9.17, 15) is 0 Å². The van der Waals surface area contributed by atoms with Gasteiger partial charge in [0.2, 0.25) is 0 Å². The molecule has 1 aromatic heterocycles. The van der Waals surface area contributed by atoms with Crippen molar-refractivity contribution in [3.63, 3.8) is 0 Å². The van der Waals surface area contributed by atoms with Crippen molar-refractivity contribution in [3.05, 3.63) is 45.7 Å². The molecule has 0 spiro atoms. The summed E-state index contributed by atoms with van der Waals surface area (Å²) in [5.74, 6) is 0.923. The molecule has 2 N–H and O–H groups in total. The van der Waals surface area contributed by atoms with E-state index in [4.69, 9.17) is 4.74 Å². The van der Waals surface area contributed by atoms with Gasteiger partial charge in [-0.3, -0.25) is 5.10 Å². The van der Waals surface area contributed by atoms with E-state index in [1.165, 1.54) is 16.8 Å². The summed E-state index contributed by atoms with van der Waals surface area (Å²) in [4.78, 5) is 0. The van der Waals surface area contributed by atoms with Crippen LogP contribution < -0.4 is 10.1 Å². The zero-order valence-corrected chi connectivity index (χ0v) is 14.7. The van der Waals surface area contributed by atoms with Crippen LogP contribution in [-0.2, 0) is 13.0 Å². The maximum atomic E-state index is 5.36. The molecule has 21 heavy (non-hydrogen) atoms. The summed E-state index contributed by atoms with van der Waals surface area (Å²) in [5, 5.41) is 10.5. The van der Waals surface area contributed by atoms with Gasteiger partial charge in [-0.25, -0.2) is 0 Å². The SMILES string of the molecule is COc1ccc(Br)cc1CNCCCc1cn[nH]c1C.Cl. The molecule has 0 saturated carbocycles. The fraction of sp³-hybridized carbons (Fsp3) is 0.400. The van der Waals surface area contributed by atoms with Crippen molar-refractivity contribution in [2.75, 3.05) is 13.7 Å². The molecular weight excluding hydrogens is 354 g/mol. The number of nitrogens with zero attached hydrogens (tertiary/aromatic N) is 1. The lowest BCUT2D eigenvalue weighted by atomic mass is 10.1. The molecule has 0 bridgehead atoms. The fourth-order valence-electron chi connectivity index (χ4n) is 2.14. The molecule has 0 aliphatic heterocycles. The molecule has 6 heteroatoms. The summed E-state index contributed by atoms with van der Waals surface area (Å²) < 4.78 is 6.43. The van der Waals surface area contributed by atoms with Crippen molar-refractivity contribution < 1.29 is 4.74 Å². The second-order valence-corrected chi connectivity index (χ2v) is 5.67. The number of benzene rings is 1. The maximum Gasteiger partial charge on any atom is 0.123 e. The van der Waals surface area contributed by atoms with Crippen LogP contribution in [0.3, 0.4) is 0 Å². The van der Waals surface area contributed by atoms with Crippen LogP contribution in [0.4, 0.5) is 0 Å². The van der Waals surface area contributed by atoms with Gasteiger partial charge in [-0.1, -0.05) is 15.9 Å². The van der Waals surface area contributed by atoms with Crippen LogP contribution in [0, 0.1) is 6.92 Å². The number of halogens is 2. The highest BCUT2D eigenvalue weighted by Gasteiger charge is 2.04. The summed E-state index contributed by atoms with van der Waals surface area (Å²) >= 11 is 3.49. The zero-order valence-electron chi connectivity index (χ0n) is 12.3. The molecule has 2 aromatic rings. The van der Waals surface area contributed by atoms with Crippen LogP contribution in [0.15, 0.2) is 28.9 Å². The first kappa shape index (κ1) is 18.0. The maximum absolute atomic E-state index is 5.36. The Labute approximate surface area is 140 Å². The minimum absolute atomic E-state index is 0. The van der Waals surface area contributed by atoms with Crippen molar-refractivity contribution in [1.29, 1.82) is 0 Å². The Morgan fingerprint density at radius 3 is 2.81 bits per heavy atom. The normalized spacial score (nSPS) is 10.2. The molecule has 0 amide bonds. The minimum Gasteiger partial charge on any atom is -0.496 e. The molecule has 0 fully saturated rings. The third-order valence-corrected chi connectivity index (χ3v) is 3.79. The highest BCUT2D eigenvalue weighted by Crippen LogP contribution is 2.22. The first-order chi connectivity index (χ1) is 9.70. The number of rotatable bonds is 7. The van der Waals surface area contributed by atoms with E-state index >= 15 is 0 Å². The van der Waals surface area contributed by atoms with Crippen molar-refractivity contribution >= 4 is 28.3 Å². The topological polar surface area (TPSA) is 49.9 Å². The first-order valence-electron chi connectivity index (χ1n) is 6.72. The van der Waals surface area contributed by atoms with Gasteiger partial charge in [-0.2, -0.15) is 5.10 Å². The number of aromatic nitrogens is 2. The Bertz CT molecular complexity index is 560. The van der Waals surface area contributed by atoms with Gasteiger partial charge >= 0.3 is 0 Å². The van der Waals surface area contributed by atoms with Crippen LogP contribution in [0.2, 0.25) is 0 Å². The van der Waals surface area contributed by atoms with Crippen molar-refractivity contribution in [3.8, 4) is 5.75 Å². The largest absolute Gasteiger partial charge is 0.496 e. The zero-order chi connectivity index (χ0) is 14.4. The molecule has 0 saturated heterocycles. The van der Waals surface area contributed by atoms with Gasteiger partial charge in [-0.15, -0.1) is 12.4 Å². The molecule has 0 unspecified atom stereocenters. The summed E-state index contributed by atoms with van der Waals surface area (Å²) in [6.45, 7) is 3.84. The van der Waals surface area contributed by atoms with Crippen LogP contribution in [-0.4, -0.2) is 23.9 Å². The third-order valence-electron chi connectivity index (χ3n) is 3.29. The van der Waals surface area contributed by atoms with E-state index in [0.717, 1.165) is 36.2 Å². The van der Waals surface area contributed by atoms with Gasteiger partial charge in [0, 0.05) is 22.3 Å². The van der Waals surface area contributed by atoms with Crippen molar-refractivity contribution in [2.24, 2.45) is 0 Å². The number of hydrogen-bond acceptors (Lipinski definition) is 3. The number of aromatic amines is 1. The Morgan fingerprint density at radius 2 is 2.14 bits per heavy atom. The van der Waals surface area contributed by atoms with E-state index in [1.54, 1.807) is 7.11 Å². The molecule has 1 heterocycles. The number of ether oxygens (including phenoxy) is 1. The predicted molar refractivity (Wildman–Crippen MR) is 91.3 cm³/mol. The highest BCUT2D eigenvalue weighted by molar-refractivity contribution is 9.10. The molecule has 0 radical (unpaired) electrons. The predicted octanol–water partition coefficient (Wildman–Crippen LogP) is 3.63. The second kappa shape index (κ2) is 9.07. The summed E-state index contributed by atoms with van der Waals surface area (Å²) in [6, 6.07) is 6.06. The second-order valence-electron chi connectivity index (χ2n) is 4.76. The summed E-state index contributed by atoms with van der Waals surface area (Å²) in [5.41, 5.74) is 3.63. The summed E-state index contributed by atoms with van der Waals surface area (Å²) in [7, 11) is 1.70. The van der Waals surface area contributed by atoms with Crippen molar-refractivity contribution in [2.45, 2.75) is 26.3 Å². The van der Waals surface area contributed by atoms with E-state index < -0.39 is 0 Å². The molecule has 0 aliphatic carbocycles. The van der Waals surface area contributed by atoms with Crippen LogP contribution in [0.5, 0.6) is 5.75 Å². The Hall–Kier alpha value is -1.04. The number of nitrogens with one attached hydrogen (secondary N) is 2. The Morgan fingerprint density at radius 1 is 1.33 bits per heavy atom. The van der Waals surface area contributed by atoms with Gasteiger partial charge < -0.3 is 10.1 Å². The lowest BCUT2D eigenvalue weighted by Crippen LogP contribution is -2.16. The average molecular weight is 375 g/mol. The smallest absolute Gasteiger partial charge is 0.123 e. The van der Waals surface area contributed by atoms with E-state index in [0.29, 0.717) is 0 Å². The quantitative estimate of drug-likeness (QED) is 0.728. The lowest BCUT2D eigenvalue weighted by Gasteiger charge is -2.10. The Balaban J connectivity index is 0.00000220. The van der Waals surface area contributed by atoms with Gasteiger partial charge in [-0.05, 0) is 50.1 Å². The van der Waals surface area contributed by atoms with Crippen LogP contribution >= 0.6 is 28.3 Å². The van der Waals surface area contributed by atoms with Gasteiger partial charge in [0.05, 0.1) is 13.3 Å². The number of methoxy groups -OCH3 is 1. The number of hydrogen-bond donors (Lipinski definition) is 2. The molecular formula is C15H21BrClN3O. The standard InChI is InChI=1S/C15H20BrN3O.ClH/c1-11-12(10-18-19-11)4-3-7-17-9-13-8-14(16)5-6-15(13)20-2;/h5-6,8,10,17H,3-4,7,9H2,1-2H3,(H,18,19);1H. The minimum atomic E-state index is 0. The first-order valence-corrected chi connectivity index (χ1v) is 7.52. The number of aryl methyl sites for hydroxylation is 2. The lowest BCUT2D eigenvalue weighted by molar-refractivity contribution is 0.407. The van der Waals surface area contributed by atoms with Gasteiger partial charge in [0.25, 0.3) is 0 Å². The summed E-state index contributed by atoms with van der Waals surface area (Å²) in [6.07, 6.45) is 4.05. The molecule has 2 rings (SSSR count).